The lowest BCUT2D eigenvalue weighted by Gasteiger charge is -2.37. The molecule has 7 heteroatoms. The van der Waals surface area contributed by atoms with Gasteiger partial charge in [-0.1, -0.05) is 18.2 Å². The molecule has 162 valence electrons. The second kappa shape index (κ2) is 7.98. The van der Waals surface area contributed by atoms with E-state index in [9.17, 15) is 9.59 Å². The van der Waals surface area contributed by atoms with Crippen LogP contribution in [-0.2, 0) is 20.8 Å². The van der Waals surface area contributed by atoms with E-state index in [4.69, 9.17) is 14.2 Å². The normalized spacial score (nSPS) is 20.0. The molecule has 2 fully saturated rings. The van der Waals surface area contributed by atoms with Gasteiger partial charge in [-0.25, -0.2) is 0 Å². The summed E-state index contributed by atoms with van der Waals surface area (Å²) in [5, 5.41) is 0. The van der Waals surface area contributed by atoms with Gasteiger partial charge in [0, 0.05) is 31.5 Å². The lowest BCUT2D eigenvalue weighted by molar-refractivity contribution is -0.181. The van der Waals surface area contributed by atoms with Crippen molar-refractivity contribution in [3.8, 4) is 5.75 Å². The van der Waals surface area contributed by atoms with Gasteiger partial charge in [-0.15, -0.1) is 0 Å². The highest BCUT2D eigenvalue weighted by atomic mass is 16.7. The van der Waals surface area contributed by atoms with Crippen molar-refractivity contribution < 1.29 is 23.8 Å². The number of carbonyl (C=O) groups excluding carboxylic acids is 2. The van der Waals surface area contributed by atoms with E-state index in [2.05, 4.69) is 0 Å². The van der Waals surface area contributed by atoms with E-state index in [-0.39, 0.29) is 18.4 Å². The van der Waals surface area contributed by atoms with Crippen LogP contribution in [0.1, 0.15) is 34.3 Å². The molecule has 2 aromatic carbocycles. The summed E-state index contributed by atoms with van der Waals surface area (Å²) in [4.78, 5) is 29.0. The van der Waals surface area contributed by atoms with Crippen molar-refractivity contribution in [3.63, 3.8) is 0 Å². The molecule has 0 aromatic heterocycles. The number of anilines is 1. The summed E-state index contributed by atoms with van der Waals surface area (Å²) in [5.41, 5.74) is 3.47. The lowest BCUT2D eigenvalue weighted by atomic mass is 10.0. The second-order valence-corrected chi connectivity index (χ2v) is 8.34. The van der Waals surface area contributed by atoms with Gasteiger partial charge >= 0.3 is 0 Å². The summed E-state index contributed by atoms with van der Waals surface area (Å²) < 4.78 is 17.0. The van der Waals surface area contributed by atoms with Gasteiger partial charge in [-0.2, -0.15) is 0 Å². The van der Waals surface area contributed by atoms with Gasteiger partial charge in [0.15, 0.2) is 12.4 Å². The Labute approximate surface area is 181 Å². The van der Waals surface area contributed by atoms with E-state index in [0.29, 0.717) is 51.3 Å². The molecule has 1 spiro atoms. The molecular weight excluding hydrogens is 396 g/mol. The van der Waals surface area contributed by atoms with Crippen LogP contribution in [0.15, 0.2) is 42.5 Å². The van der Waals surface area contributed by atoms with Crippen molar-refractivity contribution in [1.29, 1.82) is 0 Å². The minimum Gasteiger partial charge on any atom is -0.482 e. The van der Waals surface area contributed by atoms with Gasteiger partial charge in [-0.05, 0) is 42.3 Å². The van der Waals surface area contributed by atoms with Crippen LogP contribution < -0.4 is 9.64 Å². The standard InChI is InChI=1S/C24H26N2O5/c1-17-2-7-21-20(14-17)26(22(27)16-29-21)15-18-3-5-19(6-4-18)23(28)25-10-8-24(9-11-25)30-12-13-31-24/h2-7,14H,8-13,15-16H2,1H3. The summed E-state index contributed by atoms with van der Waals surface area (Å²) in [6.45, 7) is 4.98. The molecule has 0 N–H and O–H groups in total. The SMILES string of the molecule is Cc1ccc2c(c1)N(Cc1ccc(C(=O)N3CCC4(CC3)OCCO4)cc1)C(=O)CO2. The maximum absolute atomic E-state index is 12.9. The number of fused-ring (bicyclic) bond motifs is 1. The number of likely N-dealkylation sites (tertiary alicyclic amines) is 1. The zero-order valence-corrected chi connectivity index (χ0v) is 17.6. The molecule has 2 amide bonds. The number of ether oxygens (including phenoxy) is 3. The zero-order valence-electron chi connectivity index (χ0n) is 17.6. The molecule has 0 saturated carbocycles. The molecular formula is C24H26N2O5. The lowest BCUT2D eigenvalue weighted by Crippen LogP contribution is -2.47. The zero-order chi connectivity index (χ0) is 21.4. The van der Waals surface area contributed by atoms with Crippen LogP contribution in [0.3, 0.4) is 0 Å². The average Bonchev–Trinajstić information content (AvgIpc) is 3.24. The second-order valence-electron chi connectivity index (χ2n) is 8.34. The number of benzene rings is 2. The summed E-state index contributed by atoms with van der Waals surface area (Å²) >= 11 is 0. The first-order chi connectivity index (χ1) is 15.0. The number of carbonyl (C=O) groups is 2. The predicted molar refractivity (Wildman–Crippen MR) is 114 cm³/mol. The third-order valence-electron chi connectivity index (χ3n) is 6.23. The fourth-order valence-electron chi connectivity index (χ4n) is 4.44. The highest BCUT2D eigenvalue weighted by molar-refractivity contribution is 5.98. The van der Waals surface area contributed by atoms with Crippen molar-refractivity contribution in [3.05, 3.63) is 59.2 Å². The molecule has 3 aliphatic heterocycles. The van der Waals surface area contributed by atoms with E-state index in [1.165, 1.54) is 0 Å². The monoisotopic (exact) mass is 422 g/mol. The largest absolute Gasteiger partial charge is 0.482 e. The molecule has 31 heavy (non-hydrogen) atoms. The van der Waals surface area contributed by atoms with E-state index >= 15 is 0 Å². The van der Waals surface area contributed by atoms with Crippen LogP contribution in [0, 0.1) is 6.92 Å². The molecule has 0 aliphatic carbocycles. The van der Waals surface area contributed by atoms with Crippen LogP contribution in [0.4, 0.5) is 5.69 Å². The van der Waals surface area contributed by atoms with E-state index in [1.807, 2.05) is 54.3 Å². The molecule has 7 nitrogen and oxygen atoms in total. The Bertz CT molecular complexity index is 988. The number of piperidine rings is 1. The number of hydrogen-bond donors (Lipinski definition) is 0. The first kappa shape index (κ1) is 20.0. The fraction of sp³-hybridized carbons (Fsp3) is 0.417. The molecule has 0 radical (unpaired) electrons. The van der Waals surface area contributed by atoms with Gasteiger partial charge in [0.25, 0.3) is 11.8 Å². The molecule has 2 saturated heterocycles. The van der Waals surface area contributed by atoms with Crippen LogP contribution in [-0.4, -0.2) is 55.4 Å². The van der Waals surface area contributed by atoms with Crippen molar-refractivity contribution >= 4 is 17.5 Å². The van der Waals surface area contributed by atoms with Crippen molar-refractivity contribution in [2.24, 2.45) is 0 Å². The maximum atomic E-state index is 12.9. The first-order valence-corrected chi connectivity index (χ1v) is 10.7. The third kappa shape index (κ3) is 3.91. The van der Waals surface area contributed by atoms with Crippen molar-refractivity contribution in [2.75, 3.05) is 37.8 Å². The van der Waals surface area contributed by atoms with Crippen LogP contribution in [0.5, 0.6) is 5.75 Å². The Morgan fingerprint density at radius 2 is 1.74 bits per heavy atom. The number of amides is 2. The van der Waals surface area contributed by atoms with E-state index < -0.39 is 5.79 Å². The van der Waals surface area contributed by atoms with Gasteiger partial charge < -0.3 is 24.0 Å². The molecule has 3 aliphatic rings. The minimum absolute atomic E-state index is 0.0165. The average molecular weight is 422 g/mol. The number of hydrogen-bond acceptors (Lipinski definition) is 5. The smallest absolute Gasteiger partial charge is 0.265 e. The van der Waals surface area contributed by atoms with Crippen LogP contribution in [0.2, 0.25) is 0 Å². The molecule has 5 rings (SSSR count). The number of rotatable bonds is 3. The molecule has 2 aromatic rings. The summed E-state index contributed by atoms with van der Waals surface area (Å²) in [6.07, 6.45) is 1.41. The van der Waals surface area contributed by atoms with E-state index in [1.54, 1.807) is 4.90 Å². The molecule has 0 bridgehead atoms. The summed E-state index contributed by atoms with van der Waals surface area (Å²) in [7, 11) is 0. The third-order valence-corrected chi connectivity index (χ3v) is 6.23. The fourth-order valence-corrected chi connectivity index (χ4v) is 4.44. The predicted octanol–water partition coefficient (Wildman–Crippen LogP) is 2.90. The van der Waals surface area contributed by atoms with Crippen molar-refractivity contribution in [1.82, 2.24) is 4.90 Å². The maximum Gasteiger partial charge on any atom is 0.265 e. The highest BCUT2D eigenvalue weighted by Gasteiger charge is 2.40. The van der Waals surface area contributed by atoms with Crippen LogP contribution >= 0.6 is 0 Å². The van der Waals surface area contributed by atoms with E-state index in [0.717, 1.165) is 22.6 Å². The Kier molecular flexibility index (Phi) is 5.16. The Morgan fingerprint density at radius 3 is 2.45 bits per heavy atom. The molecule has 0 unspecified atom stereocenters. The molecule has 3 heterocycles. The summed E-state index contributed by atoms with van der Waals surface area (Å²) in [6, 6.07) is 13.3. The highest BCUT2D eigenvalue weighted by Crippen LogP contribution is 2.34. The Morgan fingerprint density at radius 1 is 1.03 bits per heavy atom. The molecule has 0 atom stereocenters. The first-order valence-electron chi connectivity index (χ1n) is 10.7. The quantitative estimate of drug-likeness (QED) is 0.761. The van der Waals surface area contributed by atoms with Gasteiger partial charge in [0.05, 0.1) is 25.4 Å². The van der Waals surface area contributed by atoms with Gasteiger partial charge in [0.2, 0.25) is 0 Å². The Hall–Kier alpha value is -2.90. The summed E-state index contributed by atoms with van der Waals surface area (Å²) in [5.74, 6) is 0.176. The number of nitrogens with zero attached hydrogens (tertiary/aromatic N) is 2. The number of aryl methyl sites for hydroxylation is 1. The van der Waals surface area contributed by atoms with Crippen molar-refractivity contribution in [2.45, 2.75) is 32.1 Å². The Balaban J connectivity index is 1.26. The van der Waals surface area contributed by atoms with Gasteiger partial charge in [-0.3, -0.25) is 9.59 Å². The minimum atomic E-state index is -0.486. The van der Waals surface area contributed by atoms with Gasteiger partial charge in [0.1, 0.15) is 5.75 Å². The van der Waals surface area contributed by atoms with Crippen LogP contribution in [0.25, 0.3) is 0 Å². The topological polar surface area (TPSA) is 68.3 Å².